The highest BCUT2D eigenvalue weighted by atomic mass is 31.0. The second-order valence-corrected chi connectivity index (χ2v) is 13.0. The van der Waals surface area contributed by atoms with E-state index in [-0.39, 0.29) is 43.5 Å². The van der Waals surface area contributed by atoms with Crippen LogP contribution in [0.4, 0.5) is 4.79 Å². The highest BCUT2D eigenvalue weighted by Gasteiger charge is 2.30. The van der Waals surface area contributed by atoms with Crippen molar-refractivity contribution >= 4 is 72.9 Å². The molecule has 1 aliphatic carbocycles. The third-order valence-corrected chi connectivity index (χ3v) is 9.45. The monoisotopic (exact) mass is 744 g/mol. The van der Waals surface area contributed by atoms with Crippen LogP contribution < -0.4 is 27.0 Å². The molecule has 0 aliphatic heterocycles. The molecule has 14 nitrogen and oxygen atoms in total. The van der Waals surface area contributed by atoms with E-state index < -0.39 is 42.1 Å². The van der Waals surface area contributed by atoms with Crippen molar-refractivity contribution in [2.45, 2.75) is 89.2 Å². The van der Waals surface area contributed by atoms with Gasteiger partial charge >= 0.3 is 31.4 Å². The Labute approximate surface area is 304 Å². The van der Waals surface area contributed by atoms with Gasteiger partial charge in [-0.05, 0) is 80.2 Å². The van der Waals surface area contributed by atoms with Crippen LogP contribution in [-0.2, 0) is 44.1 Å². The van der Waals surface area contributed by atoms with E-state index in [9.17, 15) is 28.8 Å². The number of urea groups is 1. The van der Waals surface area contributed by atoms with Crippen LogP contribution in [0.15, 0.2) is 42.5 Å². The van der Waals surface area contributed by atoms with Gasteiger partial charge in [-0.3, -0.25) is 19.2 Å². The van der Waals surface area contributed by atoms with E-state index in [1.165, 1.54) is 6.82 Å². The number of nitrogens with two attached hydrogens (primary N) is 1. The number of fused-ring (bicyclic) bond motifs is 1. The minimum Gasteiger partial charge on any atom is -0.538 e. The fourth-order valence-corrected chi connectivity index (χ4v) is 6.31. The number of amides is 4. The molecule has 5 atom stereocenters. The summed E-state index contributed by atoms with van der Waals surface area (Å²) in [7, 11) is 4.79. The topological polar surface area (TPSA) is 204 Å². The molecule has 1 saturated carbocycles. The zero-order valence-corrected chi connectivity index (χ0v) is 31.2. The van der Waals surface area contributed by atoms with Gasteiger partial charge in [0, 0.05) is 25.3 Å². The first kappa shape index (κ1) is 41.6. The maximum Gasteiger partial charge on any atom is 0.370 e. The number of rotatable bonds is 19. The summed E-state index contributed by atoms with van der Waals surface area (Å²) in [6.07, 6.45) is 4.32. The van der Waals surface area contributed by atoms with Crippen molar-refractivity contribution in [3.8, 4) is 0 Å². The van der Waals surface area contributed by atoms with Crippen LogP contribution in [0.5, 0.6) is 0 Å². The Bertz CT molecular complexity index is 1500. The molecule has 5 unspecified atom stereocenters. The normalized spacial score (nSPS) is 17.2. The summed E-state index contributed by atoms with van der Waals surface area (Å²) in [5.41, 5.74) is 6.74. The summed E-state index contributed by atoms with van der Waals surface area (Å²) in [6, 6.07) is 10.0. The zero-order valence-electron chi connectivity index (χ0n) is 28.9. The van der Waals surface area contributed by atoms with E-state index in [0.717, 1.165) is 49.5 Å². The molecule has 0 bridgehead atoms. The summed E-state index contributed by atoms with van der Waals surface area (Å²) in [5, 5.41) is 13.0. The molecule has 4 amide bonds. The first-order valence-corrected chi connectivity index (χ1v) is 18.1. The van der Waals surface area contributed by atoms with Gasteiger partial charge in [-0.1, -0.05) is 49.3 Å². The van der Waals surface area contributed by atoms with Crippen molar-refractivity contribution in [2.24, 2.45) is 17.6 Å². The first-order chi connectivity index (χ1) is 24.6. The number of carbonyl (C=O) groups excluding carboxylic acids is 6. The standard InChI is InChI=1S/C34H49BN5O9P2/c1-35-47-32(44)27(15-16-29(41)48-50)40-34(46)39-26(33(45)49-51)8-4-5-17-37-31(43)28(38-30(42)24-13-9-21(20-36)10-14-24)19-22-11-12-23-6-2-3-7-25(23)18-22/h2-3,6-7,11-12,18,21,24,26-28H,4-5,8-10,13-17,19-20,36,50-51H2,1H3,(H,37,43)(H,38,42)(H2,39,40,46). The molecule has 51 heavy (non-hydrogen) atoms. The molecule has 1 aliphatic rings. The van der Waals surface area contributed by atoms with Crippen molar-refractivity contribution < 1.29 is 42.5 Å². The Morgan fingerprint density at radius 1 is 0.843 bits per heavy atom. The molecule has 0 spiro atoms. The Morgan fingerprint density at radius 2 is 1.53 bits per heavy atom. The van der Waals surface area contributed by atoms with Crippen LogP contribution in [0, 0.1) is 11.8 Å². The van der Waals surface area contributed by atoms with E-state index in [1.807, 2.05) is 61.4 Å². The summed E-state index contributed by atoms with van der Waals surface area (Å²) in [6.45, 7) is 2.35. The van der Waals surface area contributed by atoms with Crippen LogP contribution in [0.1, 0.15) is 63.4 Å². The van der Waals surface area contributed by atoms with E-state index in [2.05, 4.69) is 25.8 Å². The third kappa shape index (κ3) is 14.0. The van der Waals surface area contributed by atoms with Gasteiger partial charge in [0.2, 0.25) is 11.8 Å². The lowest BCUT2D eigenvalue weighted by molar-refractivity contribution is -0.137. The van der Waals surface area contributed by atoms with Gasteiger partial charge in [0.1, 0.15) is 18.1 Å². The Morgan fingerprint density at radius 3 is 2.18 bits per heavy atom. The maximum absolute atomic E-state index is 13.5. The number of unbranched alkanes of at least 4 members (excludes halogenated alkanes) is 1. The second-order valence-electron chi connectivity index (χ2n) is 12.5. The molecular weight excluding hydrogens is 695 g/mol. The molecular formula is C34H49BN5O9P2. The van der Waals surface area contributed by atoms with E-state index >= 15 is 0 Å². The largest absolute Gasteiger partial charge is 0.538 e. The van der Waals surface area contributed by atoms with Gasteiger partial charge in [-0.2, -0.15) is 0 Å². The number of nitrogens with one attached hydrogen (secondary N) is 4. The van der Waals surface area contributed by atoms with Crippen molar-refractivity contribution in [3.05, 3.63) is 48.0 Å². The lowest BCUT2D eigenvalue weighted by atomic mass is 9.81. The Hall–Kier alpha value is -3.80. The fraction of sp³-hybridized carbons (Fsp3) is 0.529. The maximum atomic E-state index is 13.5. The van der Waals surface area contributed by atoms with Gasteiger partial charge in [0.25, 0.3) is 0 Å². The van der Waals surface area contributed by atoms with Crippen LogP contribution >= 0.6 is 18.9 Å². The molecule has 0 saturated heterocycles. The average Bonchev–Trinajstić information content (AvgIpc) is 3.14. The summed E-state index contributed by atoms with van der Waals surface area (Å²) in [5.74, 6) is -2.34. The smallest absolute Gasteiger partial charge is 0.370 e. The quantitative estimate of drug-likeness (QED) is 0.0808. The van der Waals surface area contributed by atoms with E-state index in [4.69, 9.17) is 14.9 Å². The molecule has 0 aromatic heterocycles. The Balaban J connectivity index is 1.57. The number of carbonyl (C=O) groups is 6. The highest BCUT2D eigenvalue weighted by Crippen LogP contribution is 2.28. The van der Waals surface area contributed by atoms with Crippen molar-refractivity contribution in [1.82, 2.24) is 21.3 Å². The molecule has 3 rings (SSSR count). The van der Waals surface area contributed by atoms with Gasteiger partial charge < -0.3 is 40.7 Å². The summed E-state index contributed by atoms with van der Waals surface area (Å²) >= 11 is 0. The average molecular weight is 745 g/mol. The van der Waals surface area contributed by atoms with Gasteiger partial charge in [-0.25, -0.2) is 9.59 Å². The van der Waals surface area contributed by atoms with Gasteiger partial charge in [0.15, 0.2) is 0 Å². The van der Waals surface area contributed by atoms with E-state index in [1.54, 1.807) is 0 Å². The minimum absolute atomic E-state index is 0.0938. The van der Waals surface area contributed by atoms with Crippen LogP contribution in [0.2, 0.25) is 6.82 Å². The number of benzene rings is 2. The molecule has 2 aromatic carbocycles. The number of hydrogen-bond donors (Lipinski definition) is 5. The van der Waals surface area contributed by atoms with Crippen LogP contribution in [0.3, 0.4) is 0 Å². The summed E-state index contributed by atoms with van der Waals surface area (Å²) in [4.78, 5) is 75.8. The van der Waals surface area contributed by atoms with Crippen molar-refractivity contribution in [2.75, 3.05) is 13.1 Å². The molecule has 1 fully saturated rings. The van der Waals surface area contributed by atoms with E-state index in [0.29, 0.717) is 31.7 Å². The lowest BCUT2D eigenvalue weighted by Crippen LogP contribution is -2.51. The molecule has 6 N–H and O–H groups in total. The zero-order chi connectivity index (χ0) is 37.2. The third-order valence-electron chi connectivity index (χ3n) is 8.95. The molecule has 277 valence electrons. The van der Waals surface area contributed by atoms with Gasteiger partial charge in [-0.15, -0.1) is 0 Å². The van der Waals surface area contributed by atoms with Crippen molar-refractivity contribution in [3.63, 3.8) is 0 Å². The van der Waals surface area contributed by atoms with Gasteiger partial charge in [0.05, 0.1) is 18.9 Å². The highest BCUT2D eigenvalue weighted by molar-refractivity contribution is 7.11. The molecule has 17 heteroatoms. The minimum atomic E-state index is -1.18. The first-order valence-electron chi connectivity index (χ1n) is 17.2. The van der Waals surface area contributed by atoms with Crippen LogP contribution in [-0.4, -0.2) is 74.5 Å². The molecule has 0 heterocycles. The predicted octanol–water partition coefficient (Wildman–Crippen LogP) is 2.61. The number of hydrogen-bond acceptors (Lipinski definition) is 10. The van der Waals surface area contributed by atoms with Crippen molar-refractivity contribution in [1.29, 1.82) is 0 Å². The predicted molar refractivity (Wildman–Crippen MR) is 199 cm³/mol. The SMILES string of the molecule is C[B]OC(=O)C(CCC(=O)OP)NC(=O)NC(CCCCNC(=O)C(Cc1ccc2ccccc2c1)NC(=O)C1CCC(CN)CC1)C(=O)OP. The molecule has 1 radical (unpaired) electrons. The lowest BCUT2D eigenvalue weighted by Gasteiger charge is -2.28. The van der Waals surface area contributed by atoms with Crippen LogP contribution in [0.25, 0.3) is 10.8 Å². The Kier molecular flexibility index (Phi) is 18.1. The summed E-state index contributed by atoms with van der Waals surface area (Å²) < 4.78 is 14.1. The molecule has 2 aromatic rings. The fourth-order valence-electron chi connectivity index (χ4n) is 6.03. The second kappa shape index (κ2) is 22.2.